The molecule has 2 rings (SSSR count). The van der Waals surface area contributed by atoms with Crippen molar-refractivity contribution in [3.63, 3.8) is 0 Å². The van der Waals surface area contributed by atoms with Gasteiger partial charge in [0.05, 0.1) is 5.60 Å². The molecule has 1 aliphatic rings. The minimum Gasteiger partial charge on any atom is -0.390 e. The Bertz CT molecular complexity index is 439. The topological polar surface area (TPSA) is 46.2 Å². The molecule has 0 spiro atoms. The molecule has 0 aromatic heterocycles. The first-order valence-electron chi connectivity index (χ1n) is 7.39. The van der Waals surface area contributed by atoms with Crippen LogP contribution in [0.4, 0.5) is 0 Å². The van der Waals surface area contributed by atoms with E-state index in [1.54, 1.807) is 0 Å². The second-order valence-electron chi connectivity index (χ2n) is 6.80. The van der Waals surface area contributed by atoms with Crippen molar-refractivity contribution < 1.29 is 5.11 Å². The SMILES string of the molecule is CC(C)CC(C)(O)C1(CN)CCc2ccccc2C1. The molecular formula is C17H27NO. The fraction of sp³-hybridized carbons (Fsp3) is 0.647. The molecule has 0 amide bonds. The summed E-state index contributed by atoms with van der Waals surface area (Å²) in [7, 11) is 0. The molecule has 1 aliphatic carbocycles. The summed E-state index contributed by atoms with van der Waals surface area (Å²) in [5, 5.41) is 11.0. The number of aryl methyl sites for hydroxylation is 1. The minimum absolute atomic E-state index is 0.175. The summed E-state index contributed by atoms with van der Waals surface area (Å²) in [5.74, 6) is 0.482. The van der Waals surface area contributed by atoms with Gasteiger partial charge in [0.1, 0.15) is 0 Å². The molecule has 2 nitrogen and oxygen atoms in total. The van der Waals surface area contributed by atoms with Crippen molar-refractivity contribution in [1.29, 1.82) is 0 Å². The lowest BCUT2D eigenvalue weighted by molar-refractivity contribution is -0.0873. The van der Waals surface area contributed by atoms with Gasteiger partial charge in [-0.2, -0.15) is 0 Å². The normalized spacial score (nSPS) is 26.0. The third kappa shape index (κ3) is 2.70. The fourth-order valence-corrected chi connectivity index (χ4v) is 3.67. The Labute approximate surface area is 117 Å². The van der Waals surface area contributed by atoms with E-state index in [0.717, 1.165) is 25.7 Å². The van der Waals surface area contributed by atoms with E-state index in [1.807, 2.05) is 6.92 Å². The number of aliphatic hydroxyl groups is 1. The van der Waals surface area contributed by atoms with Crippen molar-refractivity contribution in [2.24, 2.45) is 17.1 Å². The molecule has 0 bridgehead atoms. The van der Waals surface area contributed by atoms with Crippen molar-refractivity contribution in [2.75, 3.05) is 6.54 Å². The number of fused-ring (bicyclic) bond motifs is 1. The predicted octanol–water partition coefficient (Wildman–Crippen LogP) is 2.92. The summed E-state index contributed by atoms with van der Waals surface area (Å²) in [4.78, 5) is 0. The number of rotatable bonds is 4. The number of hydrogen-bond donors (Lipinski definition) is 2. The van der Waals surface area contributed by atoms with E-state index < -0.39 is 5.60 Å². The second kappa shape index (κ2) is 5.26. The van der Waals surface area contributed by atoms with Crippen LogP contribution >= 0.6 is 0 Å². The minimum atomic E-state index is -0.691. The highest BCUT2D eigenvalue weighted by atomic mass is 16.3. The number of nitrogens with two attached hydrogens (primary N) is 1. The van der Waals surface area contributed by atoms with Crippen LogP contribution in [-0.4, -0.2) is 17.3 Å². The van der Waals surface area contributed by atoms with Gasteiger partial charge in [0.2, 0.25) is 0 Å². The summed E-state index contributed by atoms with van der Waals surface area (Å²) in [6.07, 6.45) is 3.73. The zero-order chi connectivity index (χ0) is 14.1. The Morgan fingerprint density at radius 2 is 1.95 bits per heavy atom. The lowest BCUT2D eigenvalue weighted by Crippen LogP contribution is -2.54. The summed E-state index contributed by atoms with van der Waals surface area (Å²) in [6.45, 7) is 6.86. The molecule has 2 atom stereocenters. The molecule has 3 N–H and O–H groups in total. The maximum atomic E-state index is 11.0. The average molecular weight is 261 g/mol. The van der Waals surface area contributed by atoms with Crippen LogP contribution in [0, 0.1) is 11.3 Å². The molecule has 0 aliphatic heterocycles. The molecule has 19 heavy (non-hydrogen) atoms. The Kier molecular flexibility index (Phi) is 4.03. The number of hydrogen-bond acceptors (Lipinski definition) is 2. The van der Waals surface area contributed by atoms with Crippen molar-refractivity contribution in [2.45, 2.75) is 52.1 Å². The molecule has 1 aromatic carbocycles. The fourth-order valence-electron chi connectivity index (χ4n) is 3.67. The largest absolute Gasteiger partial charge is 0.390 e. The zero-order valence-corrected chi connectivity index (χ0v) is 12.4. The first kappa shape index (κ1) is 14.5. The van der Waals surface area contributed by atoms with Gasteiger partial charge in [-0.3, -0.25) is 0 Å². The summed E-state index contributed by atoms with van der Waals surface area (Å²) in [6, 6.07) is 8.57. The van der Waals surface area contributed by atoms with Crippen LogP contribution in [0.2, 0.25) is 0 Å². The van der Waals surface area contributed by atoms with Crippen molar-refractivity contribution in [3.8, 4) is 0 Å². The standard InChI is InChI=1S/C17H27NO/c1-13(2)10-16(3,19)17(12-18)9-8-14-6-4-5-7-15(14)11-17/h4-7,13,19H,8-12,18H2,1-3H3. The van der Waals surface area contributed by atoms with E-state index in [2.05, 4.69) is 38.1 Å². The Hall–Kier alpha value is -0.860. The van der Waals surface area contributed by atoms with Crippen molar-refractivity contribution >= 4 is 0 Å². The lowest BCUT2D eigenvalue weighted by atomic mass is 9.60. The monoisotopic (exact) mass is 261 g/mol. The lowest BCUT2D eigenvalue weighted by Gasteiger charge is -2.48. The molecule has 0 saturated heterocycles. The van der Waals surface area contributed by atoms with Gasteiger partial charge in [-0.15, -0.1) is 0 Å². The smallest absolute Gasteiger partial charge is 0.0693 e. The summed E-state index contributed by atoms with van der Waals surface area (Å²) >= 11 is 0. The van der Waals surface area contributed by atoms with E-state index in [1.165, 1.54) is 11.1 Å². The van der Waals surface area contributed by atoms with E-state index in [4.69, 9.17) is 5.73 Å². The predicted molar refractivity (Wildman–Crippen MR) is 80.0 cm³/mol. The molecule has 0 fully saturated rings. The Morgan fingerprint density at radius 1 is 1.32 bits per heavy atom. The van der Waals surface area contributed by atoms with Gasteiger partial charge in [-0.05, 0) is 49.7 Å². The maximum absolute atomic E-state index is 11.0. The average Bonchev–Trinajstić information content (AvgIpc) is 2.36. The van der Waals surface area contributed by atoms with Gasteiger partial charge >= 0.3 is 0 Å². The van der Waals surface area contributed by atoms with Crippen LogP contribution < -0.4 is 5.73 Å². The third-order valence-corrected chi connectivity index (χ3v) is 4.86. The Morgan fingerprint density at radius 3 is 2.53 bits per heavy atom. The molecule has 2 heteroatoms. The van der Waals surface area contributed by atoms with E-state index in [-0.39, 0.29) is 5.41 Å². The highest BCUT2D eigenvalue weighted by Crippen LogP contribution is 2.45. The van der Waals surface area contributed by atoms with Crippen molar-refractivity contribution in [1.82, 2.24) is 0 Å². The molecule has 1 aromatic rings. The van der Waals surface area contributed by atoms with Gasteiger partial charge in [0.25, 0.3) is 0 Å². The molecular weight excluding hydrogens is 234 g/mol. The van der Waals surface area contributed by atoms with Gasteiger partial charge in [-0.1, -0.05) is 38.1 Å². The van der Waals surface area contributed by atoms with Crippen LogP contribution in [0.3, 0.4) is 0 Å². The zero-order valence-electron chi connectivity index (χ0n) is 12.4. The van der Waals surface area contributed by atoms with Crippen LogP contribution in [0.1, 0.15) is 44.7 Å². The van der Waals surface area contributed by atoms with Crippen LogP contribution in [0.25, 0.3) is 0 Å². The first-order valence-corrected chi connectivity index (χ1v) is 7.39. The van der Waals surface area contributed by atoms with E-state index in [9.17, 15) is 5.11 Å². The highest BCUT2D eigenvalue weighted by molar-refractivity contribution is 5.32. The molecule has 2 unspecified atom stereocenters. The van der Waals surface area contributed by atoms with Crippen molar-refractivity contribution in [3.05, 3.63) is 35.4 Å². The first-order chi connectivity index (χ1) is 8.90. The van der Waals surface area contributed by atoms with Crippen LogP contribution in [-0.2, 0) is 12.8 Å². The number of benzene rings is 1. The van der Waals surface area contributed by atoms with Gasteiger partial charge < -0.3 is 10.8 Å². The molecule has 0 radical (unpaired) electrons. The molecule has 106 valence electrons. The van der Waals surface area contributed by atoms with Crippen LogP contribution in [0.5, 0.6) is 0 Å². The maximum Gasteiger partial charge on any atom is 0.0693 e. The summed E-state index contributed by atoms with van der Waals surface area (Å²) < 4.78 is 0. The van der Waals surface area contributed by atoms with E-state index in [0.29, 0.717) is 12.5 Å². The summed E-state index contributed by atoms with van der Waals surface area (Å²) in [5.41, 5.74) is 8.02. The molecule has 0 heterocycles. The Balaban J connectivity index is 2.31. The quantitative estimate of drug-likeness (QED) is 0.875. The third-order valence-electron chi connectivity index (χ3n) is 4.86. The second-order valence-corrected chi connectivity index (χ2v) is 6.80. The van der Waals surface area contributed by atoms with E-state index >= 15 is 0 Å². The van der Waals surface area contributed by atoms with Gasteiger partial charge in [0.15, 0.2) is 0 Å². The van der Waals surface area contributed by atoms with Gasteiger partial charge in [0, 0.05) is 12.0 Å². The van der Waals surface area contributed by atoms with Crippen LogP contribution in [0.15, 0.2) is 24.3 Å². The van der Waals surface area contributed by atoms with Gasteiger partial charge in [-0.25, -0.2) is 0 Å². The highest BCUT2D eigenvalue weighted by Gasteiger charge is 2.47. The molecule has 0 saturated carbocycles.